The number of rotatable bonds is 8. The molecule has 126 valence electrons. The summed E-state index contributed by atoms with van der Waals surface area (Å²) in [4.78, 5) is 13.1. The summed E-state index contributed by atoms with van der Waals surface area (Å²) in [6.07, 6.45) is 4.37. The van der Waals surface area contributed by atoms with Crippen molar-refractivity contribution in [2.75, 3.05) is 13.1 Å². The second-order valence-electron chi connectivity index (χ2n) is 7.06. The lowest BCUT2D eigenvalue weighted by atomic mass is 9.85. The third kappa shape index (κ3) is 4.52. The topological polar surface area (TPSA) is 52.6 Å². The van der Waals surface area contributed by atoms with Crippen LogP contribution >= 0.6 is 0 Å². The molecule has 0 atom stereocenters. The fraction of sp³-hybridized carbons (Fsp3) is 0.611. The summed E-state index contributed by atoms with van der Waals surface area (Å²) >= 11 is 0. The molecule has 2 saturated carbocycles. The number of aryl methyl sites for hydroxylation is 1. The number of aliphatic carboxylic acids is 1. The lowest BCUT2D eigenvalue weighted by Crippen LogP contribution is -2.54. The minimum atomic E-state index is -0.746. The van der Waals surface area contributed by atoms with Crippen molar-refractivity contribution in [1.82, 2.24) is 10.2 Å². The molecular weight excluding hydrogens is 295 g/mol. The molecule has 5 heteroatoms. The molecule has 0 aliphatic heterocycles. The molecule has 2 aliphatic rings. The van der Waals surface area contributed by atoms with Crippen LogP contribution in [-0.4, -0.2) is 41.1 Å². The van der Waals surface area contributed by atoms with Crippen LogP contribution in [0.3, 0.4) is 0 Å². The van der Waals surface area contributed by atoms with Gasteiger partial charge in [0, 0.05) is 30.7 Å². The normalized spacial score (nSPS) is 23.8. The second kappa shape index (κ2) is 6.97. The first-order chi connectivity index (χ1) is 11.0. The number of carboxylic acid groups (broad SMARTS) is 1. The molecule has 0 heterocycles. The molecule has 0 bridgehead atoms. The van der Waals surface area contributed by atoms with Crippen molar-refractivity contribution in [3.63, 3.8) is 0 Å². The first-order valence-electron chi connectivity index (χ1n) is 8.45. The first-order valence-corrected chi connectivity index (χ1v) is 8.45. The molecule has 0 spiro atoms. The minimum Gasteiger partial charge on any atom is -0.480 e. The monoisotopic (exact) mass is 320 g/mol. The SMILES string of the molecule is Cc1ccc(F)c(CNC2CC(N(CC(=O)O)CC3CC3)C2)c1. The van der Waals surface area contributed by atoms with Gasteiger partial charge in [-0.15, -0.1) is 0 Å². The Bertz CT molecular complexity index is 568. The average Bonchev–Trinajstić information content (AvgIpc) is 3.24. The van der Waals surface area contributed by atoms with Gasteiger partial charge >= 0.3 is 5.97 Å². The Balaban J connectivity index is 1.45. The Morgan fingerprint density at radius 3 is 2.78 bits per heavy atom. The standard InChI is InChI=1S/C18H25FN2O2/c1-12-2-5-17(19)14(6-12)9-20-15-7-16(8-15)21(11-18(22)23)10-13-3-4-13/h2,5-6,13,15-16,20H,3-4,7-11H2,1H3,(H,22,23). The van der Waals surface area contributed by atoms with Gasteiger partial charge in [0.05, 0.1) is 6.54 Å². The molecule has 0 radical (unpaired) electrons. The first kappa shape index (κ1) is 16.4. The zero-order valence-corrected chi connectivity index (χ0v) is 13.6. The largest absolute Gasteiger partial charge is 0.480 e. The maximum absolute atomic E-state index is 13.7. The summed E-state index contributed by atoms with van der Waals surface area (Å²) in [7, 11) is 0. The second-order valence-corrected chi connectivity index (χ2v) is 7.06. The molecule has 2 aliphatic carbocycles. The van der Waals surface area contributed by atoms with E-state index in [2.05, 4.69) is 10.2 Å². The van der Waals surface area contributed by atoms with Gasteiger partial charge < -0.3 is 10.4 Å². The number of nitrogens with zero attached hydrogens (tertiary/aromatic N) is 1. The van der Waals surface area contributed by atoms with E-state index in [1.54, 1.807) is 6.07 Å². The van der Waals surface area contributed by atoms with Crippen molar-refractivity contribution in [3.8, 4) is 0 Å². The van der Waals surface area contributed by atoms with Gasteiger partial charge in [-0.1, -0.05) is 17.7 Å². The molecule has 23 heavy (non-hydrogen) atoms. The minimum absolute atomic E-state index is 0.139. The van der Waals surface area contributed by atoms with Crippen molar-refractivity contribution in [2.45, 2.75) is 51.2 Å². The maximum Gasteiger partial charge on any atom is 0.317 e. The van der Waals surface area contributed by atoms with Crippen LogP contribution in [0.1, 0.15) is 36.8 Å². The zero-order chi connectivity index (χ0) is 16.4. The number of benzene rings is 1. The highest BCUT2D eigenvalue weighted by molar-refractivity contribution is 5.69. The van der Waals surface area contributed by atoms with Crippen LogP contribution in [0.5, 0.6) is 0 Å². The Labute approximate surface area is 136 Å². The van der Waals surface area contributed by atoms with Crippen molar-refractivity contribution in [3.05, 3.63) is 35.1 Å². The highest BCUT2D eigenvalue weighted by Crippen LogP contribution is 2.33. The van der Waals surface area contributed by atoms with Crippen molar-refractivity contribution >= 4 is 5.97 Å². The highest BCUT2D eigenvalue weighted by atomic mass is 19.1. The fourth-order valence-electron chi connectivity index (χ4n) is 3.29. The van der Waals surface area contributed by atoms with E-state index in [0.717, 1.165) is 24.9 Å². The van der Waals surface area contributed by atoms with Gasteiger partial charge in [-0.2, -0.15) is 0 Å². The summed E-state index contributed by atoms with van der Waals surface area (Å²) in [6, 6.07) is 5.88. The third-order valence-corrected chi connectivity index (χ3v) is 4.94. The Morgan fingerprint density at radius 2 is 2.13 bits per heavy atom. The van der Waals surface area contributed by atoms with Gasteiger partial charge in [-0.05, 0) is 44.6 Å². The number of hydrogen-bond donors (Lipinski definition) is 2. The van der Waals surface area contributed by atoms with E-state index in [1.165, 1.54) is 18.9 Å². The summed E-state index contributed by atoms with van der Waals surface area (Å²) in [5, 5.41) is 12.5. The van der Waals surface area contributed by atoms with Crippen molar-refractivity contribution in [2.24, 2.45) is 5.92 Å². The van der Waals surface area contributed by atoms with Gasteiger partial charge in [-0.3, -0.25) is 9.69 Å². The molecule has 2 N–H and O–H groups in total. The van der Waals surface area contributed by atoms with Gasteiger partial charge in [-0.25, -0.2) is 4.39 Å². The molecule has 0 aromatic heterocycles. The predicted octanol–water partition coefficient (Wildman–Crippen LogP) is 2.55. The molecule has 0 amide bonds. The molecule has 0 unspecified atom stereocenters. The molecule has 1 aromatic rings. The van der Waals surface area contributed by atoms with Crippen molar-refractivity contribution in [1.29, 1.82) is 0 Å². The molecular formula is C18H25FN2O2. The van der Waals surface area contributed by atoms with E-state index in [4.69, 9.17) is 5.11 Å². The maximum atomic E-state index is 13.7. The predicted molar refractivity (Wildman–Crippen MR) is 86.7 cm³/mol. The Kier molecular flexibility index (Phi) is 4.97. The molecule has 3 rings (SSSR count). The number of hydrogen-bond acceptors (Lipinski definition) is 3. The number of halogens is 1. The van der Waals surface area contributed by atoms with Crippen LogP contribution in [0.25, 0.3) is 0 Å². The van der Waals surface area contributed by atoms with E-state index in [0.29, 0.717) is 30.1 Å². The Hall–Kier alpha value is -1.46. The van der Waals surface area contributed by atoms with E-state index in [1.807, 2.05) is 13.0 Å². The molecule has 2 fully saturated rings. The molecule has 0 saturated heterocycles. The summed E-state index contributed by atoms with van der Waals surface area (Å²) < 4.78 is 13.7. The summed E-state index contributed by atoms with van der Waals surface area (Å²) in [5.74, 6) is -0.216. The van der Waals surface area contributed by atoms with Gasteiger partial charge in [0.2, 0.25) is 0 Å². The summed E-state index contributed by atoms with van der Waals surface area (Å²) in [5.41, 5.74) is 1.76. The van der Waals surface area contributed by atoms with Crippen LogP contribution in [-0.2, 0) is 11.3 Å². The van der Waals surface area contributed by atoms with Gasteiger partial charge in [0.15, 0.2) is 0 Å². The van der Waals surface area contributed by atoms with Crippen LogP contribution < -0.4 is 5.32 Å². The van der Waals surface area contributed by atoms with Crippen LogP contribution in [0.15, 0.2) is 18.2 Å². The summed E-state index contributed by atoms with van der Waals surface area (Å²) in [6.45, 7) is 3.55. The third-order valence-electron chi connectivity index (χ3n) is 4.94. The zero-order valence-electron chi connectivity index (χ0n) is 13.6. The van der Waals surface area contributed by atoms with E-state index >= 15 is 0 Å². The lowest BCUT2D eigenvalue weighted by molar-refractivity contribution is -0.139. The van der Waals surface area contributed by atoms with E-state index < -0.39 is 5.97 Å². The fourth-order valence-corrected chi connectivity index (χ4v) is 3.29. The highest BCUT2D eigenvalue weighted by Gasteiger charge is 2.36. The smallest absolute Gasteiger partial charge is 0.317 e. The van der Waals surface area contributed by atoms with Gasteiger partial charge in [0.1, 0.15) is 5.82 Å². The van der Waals surface area contributed by atoms with E-state index in [-0.39, 0.29) is 12.4 Å². The molecule has 4 nitrogen and oxygen atoms in total. The van der Waals surface area contributed by atoms with Crippen LogP contribution in [0, 0.1) is 18.7 Å². The number of nitrogens with one attached hydrogen (secondary N) is 1. The van der Waals surface area contributed by atoms with Crippen LogP contribution in [0.2, 0.25) is 0 Å². The lowest BCUT2D eigenvalue weighted by Gasteiger charge is -2.43. The quantitative estimate of drug-likeness (QED) is 0.773. The van der Waals surface area contributed by atoms with Crippen LogP contribution in [0.4, 0.5) is 4.39 Å². The van der Waals surface area contributed by atoms with Crippen molar-refractivity contribution < 1.29 is 14.3 Å². The Morgan fingerprint density at radius 1 is 1.39 bits per heavy atom. The number of carbonyl (C=O) groups is 1. The average molecular weight is 320 g/mol. The molecule has 1 aromatic carbocycles. The van der Waals surface area contributed by atoms with E-state index in [9.17, 15) is 9.18 Å². The number of carboxylic acids is 1. The van der Waals surface area contributed by atoms with Gasteiger partial charge in [0.25, 0.3) is 0 Å².